The number of nitrogen functional groups attached to an aromatic ring is 2. The Morgan fingerprint density at radius 2 is 0.964 bits per heavy atom. The third-order valence-corrected chi connectivity index (χ3v) is 5.39. The van der Waals surface area contributed by atoms with Gasteiger partial charge in [-0.15, -0.1) is 0 Å². The van der Waals surface area contributed by atoms with Gasteiger partial charge in [-0.05, 0) is 134 Å². The molecule has 2 aromatic rings. The van der Waals surface area contributed by atoms with Crippen LogP contribution in [0.1, 0.15) is 47.2 Å². The summed E-state index contributed by atoms with van der Waals surface area (Å²) in [6, 6.07) is 8.14. The molecule has 0 fully saturated rings. The fourth-order valence-corrected chi connectivity index (χ4v) is 4.52. The smallest absolute Gasteiger partial charge is 0.0545 e. The van der Waals surface area contributed by atoms with Crippen molar-refractivity contribution in [1.29, 1.82) is 5.41 Å². The van der Waals surface area contributed by atoms with Crippen molar-refractivity contribution in [2.45, 2.75) is 41.5 Å². The first-order chi connectivity index (χ1) is 13.1. The highest BCUT2D eigenvalue weighted by Gasteiger charge is 2.23. The van der Waals surface area contributed by atoms with Crippen LogP contribution < -0.4 is 11.5 Å². The number of allylic oxidation sites excluding steroid dienone is 5. The third kappa shape index (κ3) is 3.40. The van der Waals surface area contributed by atoms with Gasteiger partial charge < -0.3 is 16.9 Å². The number of nitrogens with one attached hydrogen (secondary N) is 1. The van der Waals surface area contributed by atoms with Crippen LogP contribution in [0.4, 0.5) is 11.4 Å². The predicted octanol–water partition coefficient (Wildman–Crippen LogP) is 5.81. The zero-order valence-electron chi connectivity index (χ0n) is 17.6. The maximum Gasteiger partial charge on any atom is 0.0545 e. The van der Waals surface area contributed by atoms with Gasteiger partial charge in [-0.1, -0.05) is 0 Å². The summed E-state index contributed by atoms with van der Waals surface area (Å²) in [7, 11) is 0. The molecule has 3 heteroatoms. The van der Waals surface area contributed by atoms with Crippen molar-refractivity contribution in [3.8, 4) is 0 Å². The molecule has 0 saturated heterocycles. The highest BCUT2D eigenvalue weighted by molar-refractivity contribution is 6.07. The summed E-state index contributed by atoms with van der Waals surface area (Å²) in [6.07, 6.45) is 3.87. The van der Waals surface area contributed by atoms with Crippen LogP contribution in [0.2, 0.25) is 0 Å². The molecule has 0 bridgehead atoms. The summed E-state index contributed by atoms with van der Waals surface area (Å²) in [5.41, 5.74) is 25.9. The second kappa shape index (κ2) is 7.16. The summed E-state index contributed by atoms with van der Waals surface area (Å²) in [4.78, 5) is 0. The highest BCUT2D eigenvalue weighted by atomic mass is 14.5. The Balaban J connectivity index is 2.52. The van der Waals surface area contributed by atoms with Crippen LogP contribution in [0, 0.1) is 33.1 Å². The number of anilines is 2. The SMILES string of the molecule is CC1=CC(=N)C=C(C)C1=C(c1c(C)cc(N)cc1C)c1c(C)cc(N)cc1C. The molecule has 0 aromatic heterocycles. The Morgan fingerprint density at radius 3 is 1.29 bits per heavy atom. The first-order valence-corrected chi connectivity index (χ1v) is 9.54. The van der Waals surface area contributed by atoms with Crippen LogP contribution in [0.5, 0.6) is 0 Å². The van der Waals surface area contributed by atoms with E-state index < -0.39 is 0 Å². The van der Waals surface area contributed by atoms with Gasteiger partial charge in [0.15, 0.2) is 0 Å². The number of nitrogens with two attached hydrogens (primary N) is 2. The number of hydrogen-bond donors (Lipinski definition) is 3. The van der Waals surface area contributed by atoms with E-state index in [4.69, 9.17) is 16.9 Å². The van der Waals surface area contributed by atoms with E-state index in [1.54, 1.807) is 0 Å². The molecule has 0 heterocycles. The topological polar surface area (TPSA) is 75.9 Å². The minimum atomic E-state index is 0.537. The van der Waals surface area contributed by atoms with Crippen molar-refractivity contribution in [2.75, 3.05) is 11.5 Å². The van der Waals surface area contributed by atoms with Crippen LogP contribution in [-0.2, 0) is 0 Å². The minimum Gasteiger partial charge on any atom is -0.399 e. The fourth-order valence-electron chi connectivity index (χ4n) is 4.52. The second-order valence-electron chi connectivity index (χ2n) is 7.92. The lowest BCUT2D eigenvalue weighted by Crippen LogP contribution is -2.09. The van der Waals surface area contributed by atoms with Crippen molar-refractivity contribution >= 4 is 22.7 Å². The van der Waals surface area contributed by atoms with E-state index in [0.717, 1.165) is 44.8 Å². The average molecular weight is 372 g/mol. The Bertz CT molecular complexity index is 965. The largest absolute Gasteiger partial charge is 0.399 e. The highest BCUT2D eigenvalue weighted by Crippen LogP contribution is 2.42. The summed E-state index contributed by atoms with van der Waals surface area (Å²) < 4.78 is 0. The lowest BCUT2D eigenvalue weighted by Gasteiger charge is -2.26. The lowest BCUT2D eigenvalue weighted by molar-refractivity contribution is 1.25. The number of hydrogen-bond acceptors (Lipinski definition) is 3. The average Bonchev–Trinajstić information content (AvgIpc) is 2.51. The standard InChI is InChI=1S/C25H29N3/c1-13-7-19(26)8-14(2)22(13)25(23-15(3)9-20(27)10-16(23)4)24-17(5)11-21(28)12-18(24)6/h7-12,26H,27-28H2,1-6H3. The first-order valence-electron chi connectivity index (χ1n) is 9.54. The van der Waals surface area contributed by atoms with Crippen molar-refractivity contribution in [3.05, 3.63) is 86.5 Å². The normalized spacial score (nSPS) is 14.1. The van der Waals surface area contributed by atoms with Gasteiger partial charge in [0.25, 0.3) is 0 Å². The van der Waals surface area contributed by atoms with Gasteiger partial charge in [0.05, 0.1) is 5.71 Å². The van der Waals surface area contributed by atoms with Crippen LogP contribution >= 0.6 is 0 Å². The first kappa shape index (κ1) is 19.7. The van der Waals surface area contributed by atoms with Gasteiger partial charge in [-0.2, -0.15) is 0 Å². The maximum atomic E-state index is 8.11. The molecule has 2 aromatic carbocycles. The van der Waals surface area contributed by atoms with E-state index in [1.807, 2.05) is 36.4 Å². The van der Waals surface area contributed by atoms with E-state index >= 15 is 0 Å². The Hall–Kier alpha value is -3.07. The molecular weight excluding hydrogens is 342 g/mol. The summed E-state index contributed by atoms with van der Waals surface area (Å²) in [5, 5.41) is 8.11. The van der Waals surface area contributed by atoms with Gasteiger partial charge in [-0.25, -0.2) is 0 Å². The lowest BCUT2D eigenvalue weighted by atomic mass is 9.78. The second-order valence-corrected chi connectivity index (χ2v) is 7.92. The fraction of sp³-hybridized carbons (Fsp3) is 0.240. The summed E-state index contributed by atoms with van der Waals surface area (Å²) in [6.45, 7) is 12.6. The predicted molar refractivity (Wildman–Crippen MR) is 122 cm³/mol. The van der Waals surface area contributed by atoms with Crippen molar-refractivity contribution in [1.82, 2.24) is 0 Å². The molecule has 0 amide bonds. The Kier molecular flexibility index (Phi) is 5.03. The van der Waals surface area contributed by atoms with Crippen LogP contribution in [-0.4, -0.2) is 5.71 Å². The van der Waals surface area contributed by atoms with E-state index in [0.29, 0.717) is 5.71 Å². The Labute approximate surface area is 168 Å². The third-order valence-electron chi connectivity index (χ3n) is 5.39. The molecule has 1 aliphatic carbocycles. The van der Waals surface area contributed by atoms with Gasteiger partial charge in [0.2, 0.25) is 0 Å². The van der Waals surface area contributed by atoms with Crippen molar-refractivity contribution in [3.63, 3.8) is 0 Å². The molecule has 5 N–H and O–H groups in total. The molecule has 0 radical (unpaired) electrons. The van der Waals surface area contributed by atoms with Crippen LogP contribution in [0.15, 0.2) is 53.1 Å². The number of benzene rings is 2. The van der Waals surface area contributed by atoms with E-state index in [9.17, 15) is 0 Å². The molecule has 3 nitrogen and oxygen atoms in total. The van der Waals surface area contributed by atoms with Gasteiger partial charge in [0, 0.05) is 11.4 Å². The van der Waals surface area contributed by atoms with Crippen LogP contribution in [0.25, 0.3) is 5.57 Å². The molecule has 0 spiro atoms. The molecule has 0 saturated carbocycles. The summed E-state index contributed by atoms with van der Waals surface area (Å²) in [5.74, 6) is 0. The van der Waals surface area contributed by atoms with E-state index in [-0.39, 0.29) is 0 Å². The summed E-state index contributed by atoms with van der Waals surface area (Å²) >= 11 is 0. The quantitative estimate of drug-likeness (QED) is 0.582. The monoisotopic (exact) mass is 371 g/mol. The molecule has 3 rings (SSSR count). The van der Waals surface area contributed by atoms with Gasteiger partial charge >= 0.3 is 0 Å². The zero-order valence-corrected chi connectivity index (χ0v) is 17.6. The Morgan fingerprint density at radius 1 is 0.643 bits per heavy atom. The van der Waals surface area contributed by atoms with E-state index in [1.165, 1.54) is 22.3 Å². The van der Waals surface area contributed by atoms with Gasteiger partial charge in [-0.3, -0.25) is 0 Å². The van der Waals surface area contributed by atoms with E-state index in [2.05, 4.69) is 41.5 Å². The van der Waals surface area contributed by atoms with Crippen molar-refractivity contribution < 1.29 is 0 Å². The molecular formula is C25H29N3. The number of rotatable bonds is 2. The molecule has 0 aliphatic heterocycles. The van der Waals surface area contributed by atoms with Crippen LogP contribution in [0.3, 0.4) is 0 Å². The maximum absolute atomic E-state index is 8.11. The molecule has 1 aliphatic rings. The zero-order chi connectivity index (χ0) is 20.7. The molecule has 144 valence electrons. The van der Waals surface area contributed by atoms with Gasteiger partial charge in [0.1, 0.15) is 0 Å². The molecule has 28 heavy (non-hydrogen) atoms. The minimum absolute atomic E-state index is 0.537. The number of aryl methyl sites for hydroxylation is 4. The van der Waals surface area contributed by atoms with Crippen molar-refractivity contribution in [2.24, 2.45) is 0 Å². The molecule has 0 unspecified atom stereocenters. The molecule has 0 atom stereocenters.